The van der Waals surface area contributed by atoms with Crippen LogP contribution in [0.1, 0.15) is 28.4 Å². The molecule has 0 spiro atoms. The van der Waals surface area contributed by atoms with Gasteiger partial charge >= 0.3 is 5.97 Å². The predicted octanol–water partition coefficient (Wildman–Crippen LogP) is 1.23. The van der Waals surface area contributed by atoms with Crippen LogP contribution in [0.25, 0.3) is 0 Å². The van der Waals surface area contributed by atoms with Gasteiger partial charge in [-0.3, -0.25) is 9.59 Å². The van der Waals surface area contributed by atoms with Crippen molar-refractivity contribution in [1.29, 1.82) is 0 Å². The van der Waals surface area contributed by atoms with Crippen LogP contribution in [0.3, 0.4) is 0 Å². The van der Waals surface area contributed by atoms with Crippen molar-refractivity contribution in [2.45, 2.75) is 12.5 Å². The van der Waals surface area contributed by atoms with E-state index in [0.29, 0.717) is 18.5 Å². The lowest BCUT2D eigenvalue weighted by Crippen LogP contribution is -2.17. The molecule has 4 nitrogen and oxygen atoms in total. The van der Waals surface area contributed by atoms with Gasteiger partial charge in [-0.15, -0.1) is 0 Å². The molecule has 2 rings (SSSR count). The fourth-order valence-electron chi connectivity index (χ4n) is 1.98. The fourth-order valence-corrected chi connectivity index (χ4v) is 1.98. The van der Waals surface area contributed by atoms with E-state index >= 15 is 0 Å². The number of benzene rings is 1. The van der Waals surface area contributed by atoms with Crippen molar-refractivity contribution < 1.29 is 14.7 Å². The number of hydrogen-bond donors (Lipinski definition) is 2. The third kappa shape index (κ3) is 2.12. The second-order valence-electron chi connectivity index (χ2n) is 4.02. The fraction of sp³-hybridized carbons (Fsp3) is 0.333. The maximum absolute atomic E-state index is 10.8. The quantitative estimate of drug-likeness (QED) is 0.750. The first kappa shape index (κ1) is 10.8. The molecule has 1 aromatic carbocycles. The summed E-state index contributed by atoms with van der Waals surface area (Å²) in [4.78, 5) is 21.3. The minimum Gasteiger partial charge on any atom is -0.481 e. The molecular formula is C12H13NO3. The highest BCUT2D eigenvalue weighted by molar-refractivity contribution is 5.74. The van der Waals surface area contributed by atoms with E-state index in [4.69, 9.17) is 5.11 Å². The van der Waals surface area contributed by atoms with Gasteiger partial charge in [0.05, 0.1) is 5.92 Å². The van der Waals surface area contributed by atoms with Crippen LogP contribution in [-0.4, -0.2) is 23.9 Å². The number of hydrogen-bond acceptors (Lipinski definition) is 3. The molecule has 1 heterocycles. The third-order valence-electron chi connectivity index (χ3n) is 2.96. The number of carboxylic acids is 1. The number of nitrogens with one attached hydrogen (secondary N) is 1. The summed E-state index contributed by atoms with van der Waals surface area (Å²) in [6, 6.07) is 7.31. The molecule has 84 valence electrons. The van der Waals surface area contributed by atoms with Crippen molar-refractivity contribution in [3.05, 3.63) is 35.4 Å². The van der Waals surface area contributed by atoms with Crippen LogP contribution in [-0.2, 0) is 4.79 Å². The molecule has 1 aliphatic heterocycles. The van der Waals surface area contributed by atoms with Gasteiger partial charge in [0.2, 0.25) is 0 Å². The first-order valence-corrected chi connectivity index (χ1v) is 5.22. The number of aldehydes is 1. The molecule has 2 atom stereocenters. The standard InChI is InChI=1S/C12H13NO3/c14-7-8-1-3-9(4-2-8)11-5-10(6-13-11)12(15)16/h1-4,7,10-11,13H,5-6H2,(H,15,16). The molecule has 1 saturated heterocycles. The Morgan fingerprint density at radius 3 is 2.56 bits per heavy atom. The number of rotatable bonds is 3. The lowest BCUT2D eigenvalue weighted by molar-refractivity contribution is -0.141. The summed E-state index contributed by atoms with van der Waals surface area (Å²) in [6.45, 7) is 0.509. The SMILES string of the molecule is O=Cc1ccc(C2CC(C(=O)O)CN2)cc1. The topological polar surface area (TPSA) is 66.4 Å². The second kappa shape index (κ2) is 4.45. The van der Waals surface area contributed by atoms with Crippen LogP contribution in [0.15, 0.2) is 24.3 Å². The van der Waals surface area contributed by atoms with Crippen molar-refractivity contribution in [3.8, 4) is 0 Å². The average molecular weight is 219 g/mol. The van der Waals surface area contributed by atoms with Gasteiger partial charge in [-0.1, -0.05) is 24.3 Å². The molecule has 0 aliphatic carbocycles. The summed E-state index contributed by atoms with van der Waals surface area (Å²) in [5.41, 5.74) is 1.67. The Balaban J connectivity index is 2.08. The van der Waals surface area contributed by atoms with E-state index in [9.17, 15) is 9.59 Å². The number of carbonyl (C=O) groups is 2. The van der Waals surface area contributed by atoms with E-state index in [1.807, 2.05) is 12.1 Å². The molecular weight excluding hydrogens is 206 g/mol. The monoisotopic (exact) mass is 219 g/mol. The highest BCUT2D eigenvalue weighted by Gasteiger charge is 2.29. The van der Waals surface area contributed by atoms with E-state index < -0.39 is 5.97 Å². The zero-order valence-electron chi connectivity index (χ0n) is 8.72. The minimum absolute atomic E-state index is 0.0850. The Kier molecular flexibility index (Phi) is 3.01. The average Bonchev–Trinajstić information content (AvgIpc) is 2.78. The molecule has 0 radical (unpaired) electrons. The predicted molar refractivity (Wildman–Crippen MR) is 58.3 cm³/mol. The van der Waals surface area contributed by atoms with Gasteiger partial charge in [0.1, 0.15) is 6.29 Å². The van der Waals surface area contributed by atoms with Crippen molar-refractivity contribution >= 4 is 12.3 Å². The Labute approximate surface area is 93.3 Å². The molecule has 1 aromatic rings. The van der Waals surface area contributed by atoms with Crippen LogP contribution >= 0.6 is 0 Å². The van der Waals surface area contributed by atoms with E-state index in [2.05, 4.69) is 5.32 Å². The molecule has 0 saturated carbocycles. The van der Waals surface area contributed by atoms with Gasteiger partial charge < -0.3 is 10.4 Å². The van der Waals surface area contributed by atoms with E-state index in [1.54, 1.807) is 12.1 Å². The third-order valence-corrected chi connectivity index (χ3v) is 2.96. The second-order valence-corrected chi connectivity index (χ2v) is 4.02. The molecule has 16 heavy (non-hydrogen) atoms. The molecule has 2 N–H and O–H groups in total. The lowest BCUT2D eigenvalue weighted by atomic mass is 9.99. The van der Waals surface area contributed by atoms with Gasteiger partial charge in [-0.05, 0) is 12.0 Å². The number of aliphatic carboxylic acids is 1. The van der Waals surface area contributed by atoms with Gasteiger partial charge in [0.15, 0.2) is 0 Å². The largest absolute Gasteiger partial charge is 0.481 e. The van der Waals surface area contributed by atoms with Crippen LogP contribution < -0.4 is 5.32 Å². The first-order valence-electron chi connectivity index (χ1n) is 5.22. The Morgan fingerprint density at radius 2 is 2.06 bits per heavy atom. The minimum atomic E-state index is -0.750. The summed E-state index contributed by atoms with van der Waals surface area (Å²) < 4.78 is 0. The summed E-state index contributed by atoms with van der Waals surface area (Å²) in [5.74, 6) is -1.06. The van der Waals surface area contributed by atoms with Crippen LogP contribution in [0, 0.1) is 5.92 Å². The van der Waals surface area contributed by atoms with Crippen molar-refractivity contribution in [1.82, 2.24) is 5.32 Å². The number of carbonyl (C=O) groups excluding carboxylic acids is 1. The Hall–Kier alpha value is -1.68. The molecule has 1 fully saturated rings. The maximum Gasteiger partial charge on any atom is 0.307 e. The van der Waals surface area contributed by atoms with Crippen molar-refractivity contribution in [2.75, 3.05) is 6.54 Å². The maximum atomic E-state index is 10.8. The van der Waals surface area contributed by atoms with Gasteiger partial charge in [-0.2, -0.15) is 0 Å². The smallest absolute Gasteiger partial charge is 0.307 e. The Morgan fingerprint density at radius 1 is 1.38 bits per heavy atom. The van der Waals surface area contributed by atoms with E-state index in [-0.39, 0.29) is 12.0 Å². The van der Waals surface area contributed by atoms with Gasteiger partial charge in [-0.25, -0.2) is 0 Å². The highest BCUT2D eigenvalue weighted by Crippen LogP contribution is 2.27. The molecule has 4 heteroatoms. The first-order chi connectivity index (χ1) is 7.70. The normalized spacial score (nSPS) is 24.2. The van der Waals surface area contributed by atoms with Crippen LogP contribution in [0.5, 0.6) is 0 Å². The van der Waals surface area contributed by atoms with E-state index in [0.717, 1.165) is 11.8 Å². The summed E-state index contributed by atoms with van der Waals surface area (Å²) in [5, 5.41) is 12.0. The van der Waals surface area contributed by atoms with Gasteiger partial charge in [0.25, 0.3) is 0 Å². The molecule has 0 amide bonds. The summed E-state index contributed by atoms with van der Waals surface area (Å²) in [6.07, 6.45) is 1.40. The molecule has 0 aromatic heterocycles. The van der Waals surface area contributed by atoms with Crippen LogP contribution in [0.2, 0.25) is 0 Å². The zero-order valence-corrected chi connectivity index (χ0v) is 8.72. The van der Waals surface area contributed by atoms with Crippen LogP contribution in [0.4, 0.5) is 0 Å². The summed E-state index contributed by atoms with van der Waals surface area (Å²) >= 11 is 0. The number of carboxylic acid groups (broad SMARTS) is 1. The zero-order chi connectivity index (χ0) is 11.5. The molecule has 2 unspecified atom stereocenters. The highest BCUT2D eigenvalue weighted by atomic mass is 16.4. The molecule has 0 bridgehead atoms. The van der Waals surface area contributed by atoms with Crippen molar-refractivity contribution in [3.63, 3.8) is 0 Å². The lowest BCUT2D eigenvalue weighted by Gasteiger charge is -2.10. The van der Waals surface area contributed by atoms with E-state index in [1.165, 1.54) is 0 Å². The summed E-state index contributed by atoms with van der Waals surface area (Å²) in [7, 11) is 0. The van der Waals surface area contributed by atoms with Crippen molar-refractivity contribution in [2.24, 2.45) is 5.92 Å². The molecule has 1 aliphatic rings. The van der Waals surface area contributed by atoms with Gasteiger partial charge in [0, 0.05) is 18.2 Å². The Bertz CT molecular complexity index is 399.